The molecule has 2 amide bonds. The Labute approximate surface area is 82.6 Å². The van der Waals surface area contributed by atoms with Gasteiger partial charge in [-0.3, -0.25) is 5.43 Å². The predicted molar refractivity (Wildman–Crippen MR) is 56.0 cm³/mol. The van der Waals surface area contributed by atoms with Gasteiger partial charge < -0.3 is 5.73 Å². The maximum atomic E-state index is 9.35. The van der Waals surface area contributed by atoms with E-state index < -0.39 is 6.03 Å². The third-order valence-electron chi connectivity index (χ3n) is 1.97. The summed E-state index contributed by atoms with van der Waals surface area (Å²) in [4.78, 5) is 9.35. The highest BCUT2D eigenvalue weighted by atomic mass is 16.2. The van der Waals surface area contributed by atoms with Gasteiger partial charge >= 0.3 is 6.03 Å². The summed E-state index contributed by atoms with van der Waals surface area (Å²) < 4.78 is 0. The lowest BCUT2D eigenvalue weighted by Gasteiger charge is -1.91. The van der Waals surface area contributed by atoms with Gasteiger partial charge in [0.15, 0.2) is 0 Å². The van der Waals surface area contributed by atoms with E-state index >= 15 is 0 Å². The van der Waals surface area contributed by atoms with Crippen LogP contribution in [-0.4, -0.2) is 6.03 Å². The summed E-state index contributed by atoms with van der Waals surface area (Å²) in [6.07, 6.45) is 9.60. The van der Waals surface area contributed by atoms with Gasteiger partial charge in [-0.05, 0) is 23.1 Å². The van der Waals surface area contributed by atoms with Crippen LogP contribution in [-0.2, 0) is 0 Å². The van der Waals surface area contributed by atoms with Crippen molar-refractivity contribution in [1.29, 1.82) is 0 Å². The summed E-state index contributed by atoms with van der Waals surface area (Å²) in [7, 11) is 0. The SMILES string of the molecule is C=CC1=C2C=CC(=C1)C2.NNC(N)=O. The largest absolute Gasteiger partial charge is 0.351 e. The molecule has 2 bridgehead atoms. The molecule has 0 aromatic heterocycles. The van der Waals surface area contributed by atoms with Crippen LogP contribution in [0.4, 0.5) is 4.79 Å². The highest BCUT2D eigenvalue weighted by Crippen LogP contribution is 2.33. The molecule has 0 radical (unpaired) electrons. The van der Waals surface area contributed by atoms with Crippen LogP contribution in [0.15, 0.2) is 47.6 Å². The molecule has 74 valence electrons. The van der Waals surface area contributed by atoms with Crippen LogP contribution >= 0.6 is 0 Å². The number of urea groups is 1. The summed E-state index contributed by atoms with van der Waals surface area (Å²) >= 11 is 0. The summed E-state index contributed by atoms with van der Waals surface area (Å²) in [5.41, 5.74) is 10.3. The number of rotatable bonds is 1. The quantitative estimate of drug-likeness (QED) is 0.327. The van der Waals surface area contributed by atoms with Crippen LogP contribution < -0.4 is 17.0 Å². The molecule has 0 atom stereocenters. The van der Waals surface area contributed by atoms with Crippen LogP contribution in [0.3, 0.4) is 0 Å². The second-order valence-corrected chi connectivity index (χ2v) is 2.92. The van der Waals surface area contributed by atoms with E-state index in [1.54, 1.807) is 5.43 Å². The minimum Gasteiger partial charge on any atom is -0.351 e. The number of primary amides is 1. The molecule has 2 aliphatic carbocycles. The van der Waals surface area contributed by atoms with Crippen molar-refractivity contribution in [3.63, 3.8) is 0 Å². The van der Waals surface area contributed by atoms with Crippen molar-refractivity contribution in [2.24, 2.45) is 11.6 Å². The number of carbonyl (C=O) groups is 1. The van der Waals surface area contributed by atoms with E-state index in [9.17, 15) is 4.79 Å². The monoisotopic (exact) mass is 191 g/mol. The van der Waals surface area contributed by atoms with E-state index in [-0.39, 0.29) is 0 Å². The molecule has 14 heavy (non-hydrogen) atoms. The highest BCUT2D eigenvalue weighted by Gasteiger charge is 2.14. The lowest BCUT2D eigenvalue weighted by atomic mass is 10.1. The van der Waals surface area contributed by atoms with Gasteiger partial charge in [0, 0.05) is 0 Å². The standard InChI is InChI=1S/C9H8.CH5N3O/c1-2-8-5-7-3-4-9(8)6-7;2-1(5)4-3/h2-5H,1,6H2;3H2,(H3,2,4,5). The maximum Gasteiger partial charge on any atom is 0.326 e. The number of nitrogens with two attached hydrogens (primary N) is 2. The average molecular weight is 191 g/mol. The third-order valence-corrected chi connectivity index (χ3v) is 1.97. The maximum absolute atomic E-state index is 9.35. The van der Waals surface area contributed by atoms with E-state index in [1.165, 1.54) is 16.7 Å². The highest BCUT2D eigenvalue weighted by molar-refractivity contribution is 5.70. The van der Waals surface area contributed by atoms with Gasteiger partial charge in [0.2, 0.25) is 0 Å². The molecule has 0 saturated carbocycles. The number of allylic oxidation sites excluding steroid dienone is 7. The number of carbonyl (C=O) groups excluding carboxylic acids is 1. The molecule has 0 saturated heterocycles. The van der Waals surface area contributed by atoms with Gasteiger partial charge in [-0.2, -0.15) is 0 Å². The van der Waals surface area contributed by atoms with Gasteiger partial charge in [-0.15, -0.1) is 0 Å². The average Bonchev–Trinajstić information content (AvgIpc) is 2.79. The molecule has 0 spiro atoms. The molecule has 0 heterocycles. The zero-order chi connectivity index (χ0) is 10.6. The fourth-order valence-corrected chi connectivity index (χ4v) is 1.33. The molecular weight excluding hydrogens is 178 g/mol. The Morgan fingerprint density at radius 2 is 2.21 bits per heavy atom. The Morgan fingerprint density at radius 1 is 1.57 bits per heavy atom. The van der Waals surface area contributed by atoms with Crippen LogP contribution in [0.25, 0.3) is 0 Å². The predicted octanol–water partition coefficient (Wildman–Crippen LogP) is 0.897. The molecule has 0 aliphatic heterocycles. The van der Waals surface area contributed by atoms with Crippen molar-refractivity contribution in [1.82, 2.24) is 5.43 Å². The van der Waals surface area contributed by atoms with Crippen LogP contribution in [0.1, 0.15) is 6.42 Å². The first-order valence-electron chi connectivity index (χ1n) is 4.17. The zero-order valence-electron chi connectivity index (χ0n) is 7.79. The summed E-state index contributed by atoms with van der Waals surface area (Å²) in [6.45, 7) is 3.73. The third kappa shape index (κ3) is 2.34. The van der Waals surface area contributed by atoms with Crippen molar-refractivity contribution in [2.45, 2.75) is 6.42 Å². The Balaban J connectivity index is 0.000000171. The number of nitrogens with one attached hydrogen (secondary N) is 1. The summed E-state index contributed by atoms with van der Waals surface area (Å²) in [5.74, 6) is 4.45. The van der Waals surface area contributed by atoms with E-state index in [2.05, 4.69) is 36.4 Å². The number of amides is 2. The Morgan fingerprint density at radius 3 is 2.43 bits per heavy atom. The Kier molecular flexibility index (Phi) is 3.25. The minimum absolute atomic E-state index is 0.718. The van der Waals surface area contributed by atoms with Crippen molar-refractivity contribution in [2.75, 3.05) is 0 Å². The van der Waals surface area contributed by atoms with Crippen LogP contribution in [0.2, 0.25) is 0 Å². The fraction of sp³-hybridized carbons (Fsp3) is 0.100. The van der Waals surface area contributed by atoms with Crippen LogP contribution in [0.5, 0.6) is 0 Å². The Hall–Kier alpha value is -1.81. The molecule has 0 fully saturated rings. The molecule has 2 rings (SSSR count). The van der Waals surface area contributed by atoms with Crippen LogP contribution in [0, 0.1) is 0 Å². The molecule has 0 aromatic rings. The Bertz CT molecular complexity index is 350. The van der Waals surface area contributed by atoms with Crippen molar-refractivity contribution in [3.8, 4) is 0 Å². The van der Waals surface area contributed by atoms with Gasteiger partial charge in [-0.25, -0.2) is 10.6 Å². The second kappa shape index (κ2) is 4.43. The summed E-state index contributed by atoms with van der Waals surface area (Å²) in [5, 5.41) is 0. The lowest BCUT2D eigenvalue weighted by molar-refractivity contribution is 0.249. The topological polar surface area (TPSA) is 81.1 Å². The van der Waals surface area contributed by atoms with E-state index in [1.807, 2.05) is 6.08 Å². The first kappa shape index (κ1) is 10.3. The molecule has 2 aliphatic rings. The lowest BCUT2D eigenvalue weighted by Crippen LogP contribution is -2.34. The minimum atomic E-state index is -0.718. The zero-order valence-corrected chi connectivity index (χ0v) is 7.79. The van der Waals surface area contributed by atoms with Crippen molar-refractivity contribution < 1.29 is 4.79 Å². The molecule has 5 N–H and O–H groups in total. The van der Waals surface area contributed by atoms with E-state index in [0.29, 0.717) is 0 Å². The number of fused-ring (bicyclic) bond motifs is 2. The smallest absolute Gasteiger partial charge is 0.326 e. The molecular formula is C10H13N3O. The fourth-order valence-electron chi connectivity index (χ4n) is 1.33. The number of hydrazine groups is 1. The normalized spacial score (nSPS) is 15.9. The van der Waals surface area contributed by atoms with Gasteiger partial charge in [0.05, 0.1) is 0 Å². The second-order valence-electron chi connectivity index (χ2n) is 2.92. The molecule has 0 aromatic carbocycles. The molecule has 0 unspecified atom stereocenters. The first-order valence-corrected chi connectivity index (χ1v) is 4.17. The number of hydrogen-bond donors (Lipinski definition) is 3. The van der Waals surface area contributed by atoms with E-state index in [0.717, 1.165) is 6.42 Å². The molecule has 4 heteroatoms. The van der Waals surface area contributed by atoms with Crippen molar-refractivity contribution >= 4 is 6.03 Å². The van der Waals surface area contributed by atoms with Gasteiger partial charge in [0.1, 0.15) is 0 Å². The summed E-state index contributed by atoms with van der Waals surface area (Å²) in [6, 6.07) is -0.718. The van der Waals surface area contributed by atoms with Crippen molar-refractivity contribution in [3.05, 3.63) is 47.6 Å². The van der Waals surface area contributed by atoms with Gasteiger partial charge in [0.25, 0.3) is 0 Å². The molecule has 4 nitrogen and oxygen atoms in total. The van der Waals surface area contributed by atoms with E-state index in [4.69, 9.17) is 0 Å². The van der Waals surface area contributed by atoms with Gasteiger partial charge in [-0.1, -0.05) is 30.9 Å². The first-order chi connectivity index (χ1) is 6.67. The number of hydrogen-bond acceptors (Lipinski definition) is 2.